The van der Waals surface area contributed by atoms with E-state index in [-0.39, 0.29) is 22.8 Å². The lowest BCUT2D eigenvalue weighted by atomic mass is 9.77. The second kappa shape index (κ2) is 6.23. The number of likely N-dealkylation sites (tertiary alicyclic amines) is 1. The van der Waals surface area contributed by atoms with Gasteiger partial charge in [-0.2, -0.15) is 0 Å². The summed E-state index contributed by atoms with van der Waals surface area (Å²) in [4.78, 5) is 35.5. The van der Waals surface area contributed by atoms with E-state index >= 15 is 0 Å². The molecular weight excluding hydrogens is 330 g/mol. The number of nitrogens with zero attached hydrogens (tertiary/aromatic N) is 4. The third-order valence-corrected chi connectivity index (χ3v) is 5.71. The fraction of sp³-hybridized carbons (Fsp3) is 0.474. The van der Waals surface area contributed by atoms with E-state index in [1.165, 1.54) is 6.07 Å². The van der Waals surface area contributed by atoms with Crippen LogP contribution in [0.5, 0.6) is 0 Å². The zero-order valence-corrected chi connectivity index (χ0v) is 14.9. The zero-order chi connectivity index (χ0) is 18.3. The van der Waals surface area contributed by atoms with Gasteiger partial charge in [0.25, 0.3) is 11.5 Å². The summed E-state index contributed by atoms with van der Waals surface area (Å²) in [6.07, 6.45) is 7.30. The van der Waals surface area contributed by atoms with Crippen LogP contribution >= 0.6 is 0 Å². The Labute approximate surface area is 151 Å². The molecule has 26 heavy (non-hydrogen) atoms. The SMILES string of the molecule is CCn1ccc(C(=O)N2CCCC3(CCc4cnc(N)nc43)C2)cc1=O. The van der Waals surface area contributed by atoms with Crippen molar-refractivity contribution >= 4 is 11.9 Å². The van der Waals surface area contributed by atoms with E-state index in [0.717, 1.165) is 36.9 Å². The minimum absolute atomic E-state index is 0.0834. The molecule has 4 rings (SSSR count). The number of carbonyl (C=O) groups excluding carboxylic acids is 1. The highest BCUT2D eigenvalue weighted by Gasteiger charge is 2.44. The molecule has 7 heteroatoms. The average molecular weight is 353 g/mol. The number of carbonyl (C=O) groups is 1. The lowest BCUT2D eigenvalue weighted by Crippen LogP contribution is -2.48. The van der Waals surface area contributed by atoms with E-state index in [0.29, 0.717) is 25.2 Å². The molecule has 2 aliphatic rings. The van der Waals surface area contributed by atoms with Gasteiger partial charge in [0, 0.05) is 49.1 Å². The molecule has 2 N–H and O–H groups in total. The maximum absolute atomic E-state index is 13.0. The minimum atomic E-state index is -0.142. The molecule has 1 aliphatic carbocycles. The van der Waals surface area contributed by atoms with E-state index in [1.807, 2.05) is 18.0 Å². The van der Waals surface area contributed by atoms with Gasteiger partial charge in [-0.25, -0.2) is 9.97 Å². The molecule has 2 aromatic rings. The topological polar surface area (TPSA) is 94.1 Å². The number of nitrogens with two attached hydrogens (primary N) is 1. The molecule has 2 aromatic heterocycles. The standard InChI is InChI=1S/C19H23N5O2/c1-2-23-9-5-13(10-15(23)25)17(26)24-8-3-6-19(12-24)7-4-14-11-21-18(20)22-16(14)19/h5,9-11H,2-4,6-8,12H2,1H3,(H2,20,21,22). The van der Waals surface area contributed by atoms with Gasteiger partial charge in [-0.3, -0.25) is 9.59 Å². The summed E-state index contributed by atoms with van der Waals surface area (Å²) in [6, 6.07) is 3.17. The van der Waals surface area contributed by atoms with Crippen molar-refractivity contribution in [2.75, 3.05) is 18.8 Å². The Bertz CT molecular complexity index is 918. The Balaban J connectivity index is 1.62. The number of amides is 1. The smallest absolute Gasteiger partial charge is 0.254 e. The molecule has 0 bridgehead atoms. The van der Waals surface area contributed by atoms with Gasteiger partial charge < -0.3 is 15.2 Å². The molecule has 1 amide bonds. The zero-order valence-electron chi connectivity index (χ0n) is 14.9. The molecule has 1 saturated heterocycles. The number of piperidine rings is 1. The van der Waals surface area contributed by atoms with Gasteiger partial charge in [-0.1, -0.05) is 0 Å². The summed E-state index contributed by atoms with van der Waals surface area (Å²) in [5.41, 5.74) is 8.13. The predicted molar refractivity (Wildman–Crippen MR) is 98.0 cm³/mol. The van der Waals surface area contributed by atoms with Crippen molar-refractivity contribution in [3.63, 3.8) is 0 Å². The third kappa shape index (κ3) is 2.67. The summed E-state index contributed by atoms with van der Waals surface area (Å²) in [6.45, 7) is 3.82. The molecule has 1 fully saturated rings. The first-order valence-corrected chi connectivity index (χ1v) is 9.14. The van der Waals surface area contributed by atoms with Crippen LogP contribution < -0.4 is 11.3 Å². The molecule has 0 aromatic carbocycles. The lowest BCUT2D eigenvalue weighted by molar-refractivity contribution is 0.0633. The number of aromatic nitrogens is 3. The number of anilines is 1. The third-order valence-electron chi connectivity index (χ3n) is 5.71. The first kappa shape index (κ1) is 16.8. The van der Waals surface area contributed by atoms with Gasteiger partial charge in [-0.05, 0) is 44.2 Å². The summed E-state index contributed by atoms with van der Waals surface area (Å²) >= 11 is 0. The second-order valence-corrected chi connectivity index (χ2v) is 7.25. The quantitative estimate of drug-likeness (QED) is 0.880. The van der Waals surface area contributed by atoms with Crippen molar-refractivity contribution in [3.8, 4) is 0 Å². The highest BCUT2D eigenvalue weighted by atomic mass is 16.2. The Morgan fingerprint density at radius 1 is 1.38 bits per heavy atom. The van der Waals surface area contributed by atoms with Crippen LogP contribution in [0.4, 0.5) is 5.95 Å². The molecule has 3 heterocycles. The molecule has 7 nitrogen and oxygen atoms in total. The van der Waals surface area contributed by atoms with Crippen LogP contribution in [-0.2, 0) is 18.4 Å². The van der Waals surface area contributed by atoms with Gasteiger partial charge in [0.2, 0.25) is 5.95 Å². The van der Waals surface area contributed by atoms with Gasteiger partial charge in [0.05, 0.1) is 5.69 Å². The van der Waals surface area contributed by atoms with Gasteiger partial charge >= 0.3 is 0 Å². The van der Waals surface area contributed by atoms with Crippen LogP contribution in [-0.4, -0.2) is 38.4 Å². The number of rotatable bonds is 2. The first-order valence-electron chi connectivity index (χ1n) is 9.14. The second-order valence-electron chi connectivity index (χ2n) is 7.25. The van der Waals surface area contributed by atoms with Crippen LogP contribution in [0.2, 0.25) is 0 Å². The largest absolute Gasteiger partial charge is 0.368 e. The Hall–Kier alpha value is -2.70. The van der Waals surface area contributed by atoms with Crippen molar-refractivity contribution in [2.45, 2.75) is 44.6 Å². The van der Waals surface area contributed by atoms with Gasteiger partial charge in [0.15, 0.2) is 0 Å². The number of fused-ring (bicyclic) bond motifs is 2. The monoisotopic (exact) mass is 353 g/mol. The van der Waals surface area contributed by atoms with E-state index in [2.05, 4.69) is 9.97 Å². The lowest BCUT2D eigenvalue weighted by Gasteiger charge is -2.40. The Morgan fingerprint density at radius 2 is 2.23 bits per heavy atom. The summed E-state index contributed by atoms with van der Waals surface area (Å²) in [7, 11) is 0. The van der Waals surface area contributed by atoms with E-state index in [1.54, 1.807) is 16.8 Å². The molecule has 1 aliphatic heterocycles. The number of hydrogen-bond donors (Lipinski definition) is 1. The van der Waals surface area contributed by atoms with Gasteiger partial charge in [-0.15, -0.1) is 0 Å². The average Bonchev–Trinajstić information content (AvgIpc) is 2.98. The highest BCUT2D eigenvalue weighted by Crippen LogP contribution is 2.44. The molecule has 1 spiro atoms. The number of pyridine rings is 1. The molecular formula is C19H23N5O2. The first-order chi connectivity index (χ1) is 12.5. The predicted octanol–water partition coefficient (Wildman–Crippen LogP) is 1.36. The number of nitrogen functional groups attached to an aromatic ring is 1. The molecule has 1 atom stereocenters. The van der Waals surface area contributed by atoms with Gasteiger partial charge in [0.1, 0.15) is 0 Å². The van der Waals surface area contributed by atoms with Crippen LogP contribution in [0, 0.1) is 0 Å². The van der Waals surface area contributed by atoms with Crippen molar-refractivity contribution in [3.05, 3.63) is 51.7 Å². The summed E-state index contributed by atoms with van der Waals surface area (Å²) in [5, 5.41) is 0. The van der Waals surface area contributed by atoms with Crippen LogP contribution in [0.1, 0.15) is 47.8 Å². The van der Waals surface area contributed by atoms with Crippen LogP contribution in [0.25, 0.3) is 0 Å². The molecule has 0 radical (unpaired) electrons. The van der Waals surface area contributed by atoms with E-state index < -0.39 is 0 Å². The van der Waals surface area contributed by atoms with Crippen LogP contribution in [0.3, 0.4) is 0 Å². The van der Waals surface area contributed by atoms with Crippen molar-refractivity contribution in [2.24, 2.45) is 0 Å². The van der Waals surface area contributed by atoms with E-state index in [9.17, 15) is 9.59 Å². The van der Waals surface area contributed by atoms with Crippen LogP contribution in [0.15, 0.2) is 29.3 Å². The highest BCUT2D eigenvalue weighted by molar-refractivity contribution is 5.94. The summed E-state index contributed by atoms with van der Waals surface area (Å²) < 4.78 is 1.58. The summed E-state index contributed by atoms with van der Waals surface area (Å²) in [5.74, 6) is 0.205. The fourth-order valence-electron chi connectivity index (χ4n) is 4.34. The van der Waals surface area contributed by atoms with E-state index in [4.69, 9.17) is 5.73 Å². The Kier molecular flexibility index (Phi) is 4.01. The minimum Gasteiger partial charge on any atom is -0.368 e. The fourth-order valence-corrected chi connectivity index (χ4v) is 4.34. The maximum atomic E-state index is 13.0. The van der Waals surface area contributed by atoms with Crippen molar-refractivity contribution in [1.82, 2.24) is 19.4 Å². The maximum Gasteiger partial charge on any atom is 0.254 e. The number of hydrogen-bond acceptors (Lipinski definition) is 5. The normalized spacial score (nSPS) is 21.8. The van der Waals surface area contributed by atoms with Crippen molar-refractivity contribution < 1.29 is 4.79 Å². The number of aryl methyl sites for hydroxylation is 2. The molecule has 1 unspecified atom stereocenters. The molecule has 136 valence electrons. The Morgan fingerprint density at radius 3 is 3.00 bits per heavy atom. The molecule has 0 saturated carbocycles. The van der Waals surface area contributed by atoms with Crippen molar-refractivity contribution in [1.29, 1.82) is 0 Å².